The first-order valence-corrected chi connectivity index (χ1v) is 3.27. The van der Waals surface area contributed by atoms with Crippen LogP contribution in [-0.2, 0) is 0 Å². The van der Waals surface area contributed by atoms with Crippen molar-refractivity contribution in [1.29, 1.82) is 0 Å². The van der Waals surface area contributed by atoms with E-state index in [1.165, 1.54) is 0 Å². The fraction of sp³-hybridized carbons (Fsp3) is 1.00. The van der Waals surface area contributed by atoms with E-state index >= 15 is 0 Å². The molecular weight excluding hydrogens is 125 g/mol. The van der Waals surface area contributed by atoms with Gasteiger partial charge >= 0.3 is 0 Å². The zero-order chi connectivity index (χ0) is 5.98. The first kappa shape index (κ1) is 6.36. The van der Waals surface area contributed by atoms with Crippen LogP contribution >= 0.6 is 12.8 Å². The lowest BCUT2D eigenvalue weighted by Gasteiger charge is -2.22. The van der Waals surface area contributed by atoms with Crippen molar-refractivity contribution >= 4 is 12.8 Å². The molecule has 0 aromatic heterocycles. The summed E-state index contributed by atoms with van der Waals surface area (Å²) < 4.78 is 14.1. The van der Waals surface area contributed by atoms with Gasteiger partial charge in [-0.1, -0.05) is 12.8 Å². The van der Waals surface area contributed by atoms with Crippen LogP contribution in [-0.4, -0.2) is 23.6 Å². The summed E-state index contributed by atoms with van der Waals surface area (Å²) >= 11 is 4.01. The molecule has 3 heteroatoms. The minimum absolute atomic E-state index is 0.503. The van der Waals surface area contributed by atoms with E-state index in [0.29, 0.717) is 6.54 Å². The van der Waals surface area contributed by atoms with Crippen LogP contribution in [0.3, 0.4) is 0 Å². The van der Waals surface area contributed by atoms with Crippen LogP contribution in [0.2, 0.25) is 0 Å². The standard InChI is InChI=1S/C5H10FNS/c6-5-2-1-3-7(8)4-5/h5,8H,1-4H2. The summed E-state index contributed by atoms with van der Waals surface area (Å²) in [6, 6.07) is 0. The normalized spacial score (nSPS) is 33.0. The summed E-state index contributed by atoms with van der Waals surface area (Å²) in [4.78, 5) is 0. The summed E-state index contributed by atoms with van der Waals surface area (Å²) in [6.07, 6.45) is 1.03. The number of piperidine rings is 1. The number of halogens is 1. The van der Waals surface area contributed by atoms with Crippen LogP contribution in [0.1, 0.15) is 12.8 Å². The van der Waals surface area contributed by atoms with Crippen LogP contribution in [0, 0.1) is 0 Å². The van der Waals surface area contributed by atoms with Crippen molar-refractivity contribution in [3.63, 3.8) is 0 Å². The van der Waals surface area contributed by atoms with Crippen molar-refractivity contribution in [1.82, 2.24) is 4.31 Å². The van der Waals surface area contributed by atoms with Crippen LogP contribution in [0.4, 0.5) is 4.39 Å². The third kappa shape index (κ3) is 1.63. The Kier molecular flexibility index (Phi) is 2.14. The number of thiol groups is 1. The van der Waals surface area contributed by atoms with Gasteiger partial charge in [0.2, 0.25) is 0 Å². The van der Waals surface area contributed by atoms with Gasteiger partial charge in [0.1, 0.15) is 6.17 Å². The molecule has 0 aromatic carbocycles. The highest BCUT2D eigenvalue weighted by Crippen LogP contribution is 2.13. The van der Waals surface area contributed by atoms with E-state index in [4.69, 9.17) is 0 Å². The molecule has 0 amide bonds. The van der Waals surface area contributed by atoms with Crippen LogP contribution in [0.5, 0.6) is 0 Å². The Bertz CT molecular complexity index is 70.8. The molecule has 0 bridgehead atoms. The van der Waals surface area contributed by atoms with E-state index in [-0.39, 0.29) is 0 Å². The predicted octanol–water partition coefficient (Wildman–Crippen LogP) is 1.27. The Morgan fingerprint density at radius 2 is 2.38 bits per heavy atom. The van der Waals surface area contributed by atoms with Crippen molar-refractivity contribution in [2.24, 2.45) is 0 Å². The van der Waals surface area contributed by atoms with Gasteiger partial charge in [0.15, 0.2) is 0 Å². The minimum atomic E-state index is -0.638. The Balaban J connectivity index is 2.23. The average molecular weight is 135 g/mol. The number of nitrogens with zero attached hydrogens (tertiary/aromatic N) is 1. The Labute approximate surface area is 54.4 Å². The molecule has 48 valence electrons. The molecule has 0 aliphatic carbocycles. The Morgan fingerprint density at radius 3 is 2.75 bits per heavy atom. The van der Waals surface area contributed by atoms with Crippen molar-refractivity contribution in [2.45, 2.75) is 19.0 Å². The lowest BCUT2D eigenvalue weighted by atomic mass is 10.1. The quantitative estimate of drug-likeness (QED) is 0.489. The molecule has 1 nitrogen and oxygen atoms in total. The maximum atomic E-state index is 12.3. The molecule has 8 heavy (non-hydrogen) atoms. The second-order valence-corrected chi connectivity index (χ2v) is 2.72. The Morgan fingerprint density at radius 1 is 1.62 bits per heavy atom. The fourth-order valence-electron chi connectivity index (χ4n) is 0.907. The van der Waals surface area contributed by atoms with E-state index in [2.05, 4.69) is 12.8 Å². The molecule has 1 unspecified atom stereocenters. The third-order valence-electron chi connectivity index (χ3n) is 1.34. The van der Waals surface area contributed by atoms with Crippen molar-refractivity contribution in [2.75, 3.05) is 13.1 Å². The molecule has 0 radical (unpaired) electrons. The molecule has 1 atom stereocenters. The van der Waals surface area contributed by atoms with Crippen LogP contribution in [0.25, 0.3) is 0 Å². The lowest BCUT2D eigenvalue weighted by molar-refractivity contribution is 0.214. The summed E-state index contributed by atoms with van der Waals surface area (Å²) in [5.74, 6) is 0. The number of rotatable bonds is 0. The van der Waals surface area contributed by atoms with Gasteiger partial charge in [-0.3, -0.25) is 4.31 Å². The highest BCUT2D eigenvalue weighted by atomic mass is 32.1. The zero-order valence-corrected chi connectivity index (χ0v) is 5.57. The van der Waals surface area contributed by atoms with Crippen molar-refractivity contribution in [3.8, 4) is 0 Å². The average Bonchev–Trinajstić information content (AvgIpc) is 1.64. The van der Waals surface area contributed by atoms with Gasteiger partial charge in [-0.15, -0.1) is 0 Å². The van der Waals surface area contributed by atoms with Gasteiger partial charge in [-0.25, -0.2) is 4.39 Å². The monoisotopic (exact) mass is 135 g/mol. The molecule has 0 aromatic rings. The summed E-state index contributed by atoms with van der Waals surface area (Å²) in [5.41, 5.74) is 0. The third-order valence-corrected chi connectivity index (χ3v) is 1.71. The smallest absolute Gasteiger partial charge is 0.114 e. The maximum Gasteiger partial charge on any atom is 0.114 e. The molecule has 0 spiro atoms. The highest BCUT2D eigenvalue weighted by molar-refractivity contribution is 7.77. The molecule has 0 N–H and O–H groups in total. The van der Waals surface area contributed by atoms with Crippen molar-refractivity contribution < 1.29 is 4.39 Å². The Hall–Kier alpha value is 0.240. The number of alkyl halides is 1. The van der Waals surface area contributed by atoms with Gasteiger partial charge in [0.25, 0.3) is 0 Å². The van der Waals surface area contributed by atoms with Gasteiger partial charge in [0, 0.05) is 13.1 Å². The first-order chi connectivity index (χ1) is 3.79. The zero-order valence-electron chi connectivity index (χ0n) is 4.68. The molecule has 1 rings (SSSR count). The van der Waals surface area contributed by atoms with E-state index in [1.54, 1.807) is 4.31 Å². The SMILES string of the molecule is FC1CCCN(S)C1. The van der Waals surface area contributed by atoms with Crippen molar-refractivity contribution in [3.05, 3.63) is 0 Å². The van der Waals surface area contributed by atoms with Gasteiger partial charge in [0.05, 0.1) is 0 Å². The van der Waals surface area contributed by atoms with E-state index < -0.39 is 6.17 Å². The fourth-order valence-corrected chi connectivity index (χ4v) is 1.23. The molecular formula is C5H10FNS. The highest BCUT2D eigenvalue weighted by Gasteiger charge is 2.15. The molecule has 1 aliphatic rings. The lowest BCUT2D eigenvalue weighted by Crippen LogP contribution is -2.29. The van der Waals surface area contributed by atoms with E-state index in [0.717, 1.165) is 19.4 Å². The second kappa shape index (κ2) is 2.69. The van der Waals surface area contributed by atoms with Crippen LogP contribution < -0.4 is 0 Å². The number of hydrogen-bond acceptors (Lipinski definition) is 2. The maximum absolute atomic E-state index is 12.3. The molecule has 1 aliphatic heterocycles. The predicted molar refractivity (Wildman–Crippen MR) is 34.7 cm³/mol. The van der Waals surface area contributed by atoms with Gasteiger partial charge in [-0.05, 0) is 12.8 Å². The molecule has 1 saturated heterocycles. The topological polar surface area (TPSA) is 3.24 Å². The summed E-state index contributed by atoms with van der Waals surface area (Å²) in [7, 11) is 0. The first-order valence-electron chi connectivity index (χ1n) is 2.87. The second-order valence-electron chi connectivity index (χ2n) is 2.15. The molecule has 1 fully saturated rings. The van der Waals surface area contributed by atoms with Gasteiger partial charge in [-0.2, -0.15) is 0 Å². The van der Waals surface area contributed by atoms with E-state index in [1.807, 2.05) is 0 Å². The molecule has 1 heterocycles. The number of hydrogen-bond donors (Lipinski definition) is 1. The summed E-state index contributed by atoms with van der Waals surface area (Å²) in [6.45, 7) is 1.44. The summed E-state index contributed by atoms with van der Waals surface area (Å²) in [5, 5.41) is 0. The largest absolute Gasteiger partial charge is 0.250 e. The van der Waals surface area contributed by atoms with E-state index in [9.17, 15) is 4.39 Å². The van der Waals surface area contributed by atoms with Gasteiger partial charge < -0.3 is 0 Å². The minimum Gasteiger partial charge on any atom is -0.250 e. The van der Waals surface area contributed by atoms with Crippen LogP contribution in [0.15, 0.2) is 0 Å². The molecule has 0 saturated carbocycles.